The Hall–Kier alpha value is -1.59. The summed E-state index contributed by atoms with van der Waals surface area (Å²) in [6, 6.07) is 4.33. The van der Waals surface area contributed by atoms with Crippen LogP contribution in [0.1, 0.15) is 33.6 Å². The van der Waals surface area contributed by atoms with Crippen molar-refractivity contribution in [3.05, 3.63) is 23.2 Å². The standard InChI is InChI=1S/C15H22ClN3O2/c1-4-9(3)14(17)15(21)19-12-8-10(6-7-11(12)16)18-13(20)5-2/h6-9,14H,4-5,17H2,1-3H3,(H,18,20)(H,19,21)/t9-,14-/m0/s1. The Kier molecular flexibility index (Phi) is 6.65. The highest BCUT2D eigenvalue weighted by Gasteiger charge is 2.20. The number of rotatable bonds is 6. The lowest BCUT2D eigenvalue weighted by atomic mass is 9.99. The first-order valence-corrected chi connectivity index (χ1v) is 7.42. The maximum Gasteiger partial charge on any atom is 0.241 e. The van der Waals surface area contributed by atoms with Gasteiger partial charge in [-0.2, -0.15) is 0 Å². The topological polar surface area (TPSA) is 84.2 Å². The molecular formula is C15H22ClN3O2. The molecule has 0 aromatic heterocycles. The number of nitrogens with one attached hydrogen (secondary N) is 2. The maximum atomic E-state index is 12.1. The van der Waals surface area contributed by atoms with Crippen LogP contribution in [0.3, 0.4) is 0 Å². The van der Waals surface area contributed by atoms with Crippen molar-refractivity contribution in [2.75, 3.05) is 10.6 Å². The van der Waals surface area contributed by atoms with E-state index in [1.54, 1.807) is 25.1 Å². The number of nitrogens with two attached hydrogens (primary N) is 1. The quantitative estimate of drug-likeness (QED) is 0.755. The predicted molar refractivity (Wildman–Crippen MR) is 86.4 cm³/mol. The van der Waals surface area contributed by atoms with Crippen LogP contribution in [0.15, 0.2) is 18.2 Å². The van der Waals surface area contributed by atoms with Crippen molar-refractivity contribution in [3.63, 3.8) is 0 Å². The largest absolute Gasteiger partial charge is 0.326 e. The molecule has 0 aliphatic heterocycles. The first-order chi connectivity index (χ1) is 9.88. The van der Waals surface area contributed by atoms with Gasteiger partial charge in [0.1, 0.15) is 0 Å². The minimum Gasteiger partial charge on any atom is -0.326 e. The minimum absolute atomic E-state index is 0.0757. The number of carbonyl (C=O) groups excluding carboxylic acids is 2. The molecule has 0 saturated heterocycles. The Morgan fingerprint density at radius 3 is 2.52 bits per heavy atom. The second-order valence-electron chi connectivity index (χ2n) is 5.00. The van der Waals surface area contributed by atoms with Gasteiger partial charge in [-0.3, -0.25) is 9.59 Å². The number of anilines is 2. The highest BCUT2D eigenvalue weighted by molar-refractivity contribution is 6.34. The van der Waals surface area contributed by atoms with Crippen LogP contribution < -0.4 is 16.4 Å². The van der Waals surface area contributed by atoms with E-state index >= 15 is 0 Å². The van der Waals surface area contributed by atoms with E-state index in [4.69, 9.17) is 17.3 Å². The molecule has 2 amide bonds. The van der Waals surface area contributed by atoms with Gasteiger partial charge in [0, 0.05) is 12.1 Å². The normalized spacial score (nSPS) is 13.4. The second kappa shape index (κ2) is 8.00. The van der Waals surface area contributed by atoms with Gasteiger partial charge in [-0.15, -0.1) is 0 Å². The van der Waals surface area contributed by atoms with E-state index in [1.165, 1.54) is 0 Å². The molecule has 0 unspecified atom stereocenters. The number of hydrogen-bond acceptors (Lipinski definition) is 3. The Morgan fingerprint density at radius 1 is 1.29 bits per heavy atom. The van der Waals surface area contributed by atoms with Gasteiger partial charge in [-0.1, -0.05) is 38.8 Å². The van der Waals surface area contributed by atoms with Crippen molar-refractivity contribution in [2.45, 2.75) is 39.7 Å². The number of benzene rings is 1. The summed E-state index contributed by atoms with van der Waals surface area (Å²) in [5.41, 5.74) is 6.91. The van der Waals surface area contributed by atoms with E-state index in [0.717, 1.165) is 6.42 Å². The van der Waals surface area contributed by atoms with Crippen molar-refractivity contribution in [2.24, 2.45) is 11.7 Å². The molecule has 5 nitrogen and oxygen atoms in total. The minimum atomic E-state index is -0.597. The Bertz CT molecular complexity index is 520. The molecule has 4 N–H and O–H groups in total. The molecular weight excluding hydrogens is 290 g/mol. The molecule has 0 bridgehead atoms. The van der Waals surface area contributed by atoms with Crippen molar-refractivity contribution in [1.82, 2.24) is 0 Å². The van der Waals surface area contributed by atoms with Crippen LogP contribution in [-0.4, -0.2) is 17.9 Å². The van der Waals surface area contributed by atoms with Crippen LogP contribution in [0, 0.1) is 5.92 Å². The third-order valence-electron chi connectivity index (χ3n) is 3.39. The van der Waals surface area contributed by atoms with Crippen LogP contribution in [-0.2, 0) is 9.59 Å². The molecule has 1 aromatic carbocycles. The summed E-state index contributed by atoms with van der Waals surface area (Å²) >= 11 is 6.06. The molecule has 1 aromatic rings. The maximum absolute atomic E-state index is 12.1. The average Bonchev–Trinajstić information content (AvgIpc) is 2.48. The van der Waals surface area contributed by atoms with Gasteiger partial charge in [-0.25, -0.2) is 0 Å². The summed E-state index contributed by atoms with van der Waals surface area (Å²) < 4.78 is 0. The van der Waals surface area contributed by atoms with Crippen molar-refractivity contribution < 1.29 is 9.59 Å². The van der Waals surface area contributed by atoms with Crippen molar-refractivity contribution in [1.29, 1.82) is 0 Å². The summed E-state index contributed by atoms with van der Waals surface area (Å²) in [7, 11) is 0. The van der Waals surface area contributed by atoms with E-state index in [0.29, 0.717) is 22.8 Å². The second-order valence-corrected chi connectivity index (χ2v) is 5.40. The van der Waals surface area contributed by atoms with Crippen molar-refractivity contribution in [3.8, 4) is 0 Å². The van der Waals surface area contributed by atoms with Gasteiger partial charge < -0.3 is 16.4 Å². The third-order valence-corrected chi connectivity index (χ3v) is 3.72. The van der Waals surface area contributed by atoms with Gasteiger partial charge >= 0.3 is 0 Å². The van der Waals surface area contributed by atoms with E-state index in [2.05, 4.69) is 10.6 Å². The van der Waals surface area contributed by atoms with Crippen LogP contribution in [0.4, 0.5) is 11.4 Å². The van der Waals surface area contributed by atoms with Gasteiger partial charge in [-0.05, 0) is 24.1 Å². The summed E-state index contributed by atoms with van der Waals surface area (Å²) in [4.78, 5) is 23.5. The van der Waals surface area contributed by atoms with E-state index < -0.39 is 6.04 Å². The fourth-order valence-corrected chi connectivity index (χ4v) is 1.84. The molecule has 21 heavy (non-hydrogen) atoms. The lowest BCUT2D eigenvalue weighted by molar-refractivity contribution is -0.118. The molecule has 6 heteroatoms. The molecule has 0 fully saturated rings. The fourth-order valence-electron chi connectivity index (χ4n) is 1.68. The monoisotopic (exact) mass is 311 g/mol. The summed E-state index contributed by atoms with van der Waals surface area (Å²) in [5.74, 6) is -0.317. The zero-order chi connectivity index (χ0) is 16.0. The van der Waals surface area contributed by atoms with Crippen LogP contribution in [0.2, 0.25) is 5.02 Å². The molecule has 0 aliphatic rings. The molecule has 0 saturated carbocycles. The van der Waals surface area contributed by atoms with E-state index in [1.807, 2.05) is 13.8 Å². The van der Waals surface area contributed by atoms with Gasteiger partial charge in [0.05, 0.1) is 16.8 Å². The van der Waals surface area contributed by atoms with E-state index in [-0.39, 0.29) is 17.7 Å². The van der Waals surface area contributed by atoms with Crippen LogP contribution in [0.25, 0.3) is 0 Å². The first kappa shape index (κ1) is 17.5. The molecule has 1 rings (SSSR count). The number of hydrogen-bond donors (Lipinski definition) is 3. The highest BCUT2D eigenvalue weighted by Crippen LogP contribution is 2.26. The van der Waals surface area contributed by atoms with E-state index in [9.17, 15) is 9.59 Å². The molecule has 0 radical (unpaired) electrons. The Balaban J connectivity index is 2.85. The Morgan fingerprint density at radius 2 is 1.95 bits per heavy atom. The summed E-state index contributed by atoms with van der Waals surface area (Å²) in [5, 5.41) is 5.82. The van der Waals surface area contributed by atoms with Crippen molar-refractivity contribution >= 4 is 34.8 Å². The number of amides is 2. The Labute approximate surface area is 130 Å². The van der Waals surface area contributed by atoms with Crippen LogP contribution in [0.5, 0.6) is 0 Å². The predicted octanol–water partition coefficient (Wildman–Crippen LogP) is 3.00. The highest BCUT2D eigenvalue weighted by atomic mass is 35.5. The lowest BCUT2D eigenvalue weighted by Gasteiger charge is -2.18. The molecule has 0 spiro atoms. The van der Waals surface area contributed by atoms with Gasteiger partial charge in [0.25, 0.3) is 0 Å². The third kappa shape index (κ3) is 5.02. The summed E-state index contributed by atoms with van der Waals surface area (Å²) in [6.45, 7) is 5.66. The first-order valence-electron chi connectivity index (χ1n) is 7.04. The number of carbonyl (C=O) groups is 2. The molecule has 2 atom stereocenters. The molecule has 116 valence electrons. The SMILES string of the molecule is CCC(=O)Nc1ccc(Cl)c(NC(=O)[C@@H](N)[C@@H](C)CC)c1. The van der Waals surface area contributed by atoms with Gasteiger partial charge in [0.2, 0.25) is 11.8 Å². The fraction of sp³-hybridized carbons (Fsp3) is 0.467. The lowest BCUT2D eigenvalue weighted by Crippen LogP contribution is -2.40. The zero-order valence-electron chi connectivity index (χ0n) is 12.6. The smallest absolute Gasteiger partial charge is 0.241 e. The number of halogens is 1. The molecule has 0 aliphatic carbocycles. The zero-order valence-corrected chi connectivity index (χ0v) is 13.3. The van der Waals surface area contributed by atoms with Gasteiger partial charge in [0.15, 0.2) is 0 Å². The summed E-state index contributed by atoms with van der Waals surface area (Å²) in [6.07, 6.45) is 1.19. The van der Waals surface area contributed by atoms with Crippen LogP contribution >= 0.6 is 11.6 Å². The average molecular weight is 312 g/mol. The molecule has 0 heterocycles.